The number of piperazine rings is 1. The summed E-state index contributed by atoms with van der Waals surface area (Å²) >= 11 is 0. The molecule has 1 fully saturated rings. The van der Waals surface area contributed by atoms with Gasteiger partial charge in [0.1, 0.15) is 0 Å². The lowest BCUT2D eigenvalue weighted by atomic mass is 10.2. The second kappa shape index (κ2) is 9.09. The van der Waals surface area contributed by atoms with Crippen LogP contribution in [0.15, 0.2) is 27.8 Å². The summed E-state index contributed by atoms with van der Waals surface area (Å²) in [5.74, 6) is -1.83. The van der Waals surface area contributed by atoms with Gasteiger partial charge in [-0.3, -0.25) is 18.8 Å². The Morgan fingerprint density at radius 3 is 2.50 bits per heavy atom. The predicted octanol–water partition coefficient (Wildman–Crippen LogP) is -0.129. The zero-order chi connectivity index (χ0) is 22.8. The van der Waals surface area contributed by atoms with Gasteiger partial charge in [-0.1, -0.05) is 6.07 Å². The van der Waals surface area contributed by atoms with E-state index in [1.807, 2.05) is 0 Å². The minimum Gasteiger partial charge on any atom is -0.352 e. The molecule has 1 N–H and O–H groups in total. The number of hydrogen-bond acceptors (Lipinski definition) is 8. The van der Waals surface area contributed by atoms with Crippen molar-refractivity contribution >= 4 is 17.1 Å². The Morgan fingerprint density at radius 1 is 1.03 bits per heavy atom. The highest BCUT2D eigenvalue weighted by Gasteiger charge is 2.17. The number of rotatable bonds is 6. The van der Waals surface area contributed by atoms with Crippen LogP contribution in [-0.4, -0.2) is 80.4 Å². The van der Waals surface area contributed by atoms with Crippen LogP contribution in [0.5, 0.6) is 0 Å². The molecule has 0 bridgehead atoms. The van der Waals surface area contributed by atoms with Crippen molar-refractivity contribution in [2.75, 3.05) is 51.6 Å². The highest BCUT2D eigenvalue weighted by atomic mass is 19.2. The Kier molecular flexibility index (Phi) is 6.24. The number of hydrogen-bond donors (Lipinski definition) is 1. The van der Waals surface area contributed by atoms with Gasteiger partial charge in [0.15, 0.2) is 22.8 Å². The first-order valence-corrected chi connectivity index (χ1v) is 10.3. The second-order valence-corrected chi connectivity index (χ2v) is 7.86. The fourth-order valence-electron chi connectivity index (χ4n) is 3.60. The normalized spacial score (nSPS) is 15.4. The van der Waals surface area contributed by atoms with Crippen LogP contribution in [0.3, 0.4) is 0 Å². The zero-order valence-electron chi connectivity index (χ0n) is 17.9. The lowest BCUT2D eigenvalue weighted by Gasteiger charge is -2.32. The molecule has 0 spiro atoms. The SMILES string of the molecule is CN1CCN(CCNc2nnc3c(n2)c(=O)n(C)c(=O)n3Cc2ccc(F)c(F)c2)CC1. The van der Waals surface area contributed by atoms with Gasteiger partial charge in [0.2, 0.25) is 5.95 Å². The fraction of sp³-hybridized carbons (Fsp3) is 0.450. The lowest BCUT2D eigenvalue weighted by molar-refractivity contribution is 0.158. The highest BCUT2D eigenvalue weighted by molar-refractivity contribution is 5.69. The van der Waals surface area contributed by atoms with Crippen molar-refractivity contribution < 1.29 is 8.78 Å². The molecule has 0 saturated carbocycles. The minimum absolute atomic E-state index is 0.0209. The summed E-state index contributed by atoms with van der Waals surface area (Å²) in [5.41, 5.74) is -0.982. The maximum Gasteiger partial charge on any atom is 0.332 e. The van der Waals surface area contributed by atoms with Gasteiger partial charge < -0.3 is 10.2 Å². The predicted molar refractivity (Wildman–Crippen MR) is 115 cm³/mol. The van der Waals surface area contributed by atoms with Crippen LogP contribution >= 0.6 is 0 Å². The molecule has 3 aromatic rings. The average molecular weight is 446 g/mol. The summed E-state index contributed by atoms with van der Waals surface area (Å²) in [4.78, 5) is 34.1. The van der Waals surface area contributed by atoms with Crippen LogP contribution < -0.4 is 16.6 Å². The molecule has 4 rings (SSSR count). The van der Waals surface area contributed by atoms with E-state index < -0.39 is 22.9 Å². The number of anilines is 1. The molecule has 1 aliphatic rings. The third kappa shape index (κ3) is 4.50. The Morgan fingerprint density at radius 2 is 1.78 bits per heavy atom. The maximum absolute atomic E-state index is 13.6. The van der Waals surface area contributed by atoms with E-state index in [0.29, 0.717) is 12.1 Å². The maximum atomic E-state index is 13.6. The molecule has 2 aromatic heterocycles. The van der Waals surface area contributed by atoms with Gasteiger partial charge in [-0.15, -0.1) is 10.2 Å². The molecule has 0 amide bonds. The van der Waals surface area contributed by atoms with Crippen LogP contribution in [0.4, 0.5) is 14.7 Å². The number of fused-ring (bicyclic) bond motifs is 1. The third-order valence-corrected chi connectivity index (χ3v) is 5.58. The second-order valence-electron chi connectivity index (χ2n) is 7.86. The fourth-order valence-corrected chi connectivity index (χ4v) is 3.60. The van der Waals surface area contributed by atoms with Crippen molar-refractivity contribution in [3.05, 3.63) is 56.2 Å². The van der Waals surface area contributed by atoms with E-state index in [4.69, 9.17) is 0 Å². The molecule has 0 unspecified atom stereocenters. The summed E-state index contributed by atoms with van der Waals surface area (Å²) < 4.78 is 28.9. The number of nitrogens with one attached hydrogen (secondary N) is 1. The van der Waals surface area contributed by atoms with Gasteiger partial charge in [-0.25, -0.2) is 18.6 Å². The van der Waals surface area contributed by atoms with E-state index in [-0.39, 0.29) is 23.7 Å². The van der Waals surface area contributed by atoms with Gasteiger partial charge in [0.25, 0.3) is 5.56 Å². The van der Waals surface area contributed by atoms with E-state index in [1.54, 1.807) is 0 Å². The van der Waals surface area contributed by atoms with Crippen LogP contribution in [0.1, 0.15) is 5.56 Å². The van der Waals surface area contributed by atoms with Gasteiger partial charge in [-0.05, 0) is 24.7 Å². The van der Waals surface area contributed by atoms with Gasteiger partial charge >= 0.3 is 5.69 Å². The molecule has 0 radical (unpaired) electrons. The Labute approximate surface area is 182 Å². The first kappa shape index (κ1) is 22.0. The molecule has 1 saturated heterocycles. The highest BCUT2D eigenvalue weighted by Crippen LogP contribution is 2.12. The topological polar surface area (TPSA) is 101 Å². The summed E-state index contributed by atoms with van der Waals surface area (Å²) in [5, 5.41) is 11.1. The molecule has 32 heavy (non-hydrogen) atoms. The Bertz CT molecular complexity index is 1250. The Hall–Kier alpha value is -3.25. The van der Waals surface area contributed by atoms with Crippen molar-refractivity contribution in [1.82, 2.24) is 34.1 Å². The minimum atomic E-state index is -1.03. The molecule has 1 aromatic carbocycles. The van der Waals surface area contributed by atoms with Crippen molar-refractivity contribution in [3.8, 4) is 0 Å². The van der Waals surface area contributed by atoms with E-state index in [0.717, 1.165) is 54.0 Å². The van der Waals surface area contributed by atoms with E-state index in [2.05, 4.69) is 37.3 Å². The number of nitrogens with zero attached hydrogens (tertiary/aromatic N) is 7. The van der Waals surface area contributed by atoms with E-state index in [1.165, 1.54) is 13.1 Å². The zero-order valence-corrected chi connectivity index (χ0v) is 17.9. The third-order valence-electron chi connectivity index (χ3n) is 5.58. The smallest absolute Gasteiger partial charge is 0.332 e. The monoisotopic (exact) mass is 446 g/mol. The number of aromatic nitrogens is 5. The molecule has 0 aliphatic carbocycles. The van der Waals surface area contributed by atoms with Crippen molar-refractivity contribution in [2.45, 2.75) is 6.54 Å². The number of benzene rings is 1. The van der Waals surface area contributed by atoms with Crippen molar-refractivity contribution in [2.24, 2.45) is 7.05 Å². The standard InChI is InChI=1S/C20H24F2N8O2/c1-27-7-9-29(10-8-27)6-5-23-19-24-16-17(25-26-19)30(20(32)28(2)18(16)31)12-13-3-4-14(21)15(22)11-13/h3-4,11H,5-10,12H2,1-2H3,(H,23,24,26). The quantitative estimate of drug-likeness (QED) is 0.559. The molecular weight excluding hydrogens is 422 g/mol. The molecule has 12 heteroatoms. The summed E-state index contributed by atoms with van der Waals surface area (Å²) in [6.07, 6.45) is 0. The van der Waals surface area contributed by atoms with Gasteiger partial charge in [-0.2, -0.15) is 0 Å². The number of likely N-dealkylation sites (N-methyl/N-ethyl adjacent to an activating group) is 1. The largest absolute Gasteiger partial charge is 0.352 e. The summed E-state index contributed by atoms with van der Waals surface area (Å²) in [7, 11) is 3.42. The van der Waals surface area contributed by atoms with Crippen LogP contribution in [0.2, 0.25) is 0 Å². The van der Waals surface area contributed by atoms with Gasteiger partial charge in [0.05, 0.1) is 6.54 Å². The molecule has 10 nitrogen and oxygen atoms in total. The molecule has 1 aliphatic heterocycles. The molecule has 3 heterocycles. The van der Waals surface area contributed by atoms with Crippen molar-refractivity contribution in [1.29, 1.82) is 0 Å². The van der Waals surface area contributed by atoms with Crippen LogP contribution in [-0.2, 0) is 13.6 Å². The summed E-state index contributed by atoms with van der Waals surface area (Å²) in [6, 6.07) is 3.33. The summed E-state index contributed by atoms with van der Waals surface area (Å²) in [6.45, 7) is 5.23. The van der Waals surface area contributed by atoms with E-state index in [9.17, 15) is 18.4 Å². The molecule has 0 atom stereocenters. The average Bonchev–Trinajstić information content (AvgIpc) is 2.79. The lowest BCUT2D eigenvalue weighted by Crippen LogP contribution is -2.45. The van der Waals surface area contributed by atoms with Crippen molar-refractivity contribution in [3.63, 3.8) is 0 Å². The number of halogens is 2. The van der Waals surface area contributed by atoms with E-state index >= 15 is 0 Å². The van der Waals surface area contributed by atoms with Gasteiger partial charge in [0, 0.05) is 46.3 Å². The van der Waals surface area contributed by atoms with Crippen LogP contribution in [0.25, 0.3) is 11.2 Å². The first-order chi connectivity index (χ1) is 15.3. The molecule has 170 valence electrons. The Balaban J connectivity index is 1.58. The van der Waals surface area contributed by atoms with Crippen LogP contribution in [0, 0.1) is 11.6 Å². The first-order valence-electron chi connectivity index (χ1n) is 10.3. The molecular formula is C20H24F2N8O2.